The van der Waals surface area contributed by atoms with E-state index in [4.69, 9.17) is 9.97 Å². The number of hydrogen-bond acceptors (Lipinski definition) is 2. The fourth-order valence-corrected chi connectivity index (χ4v) is 6.96. The summed E-state index contributed by atoms with van der Waals surface area (Å²) in [7, 11) is 0. The summed E-state index contributed by atoms with van der Waals surface area (Å²) in [5, 5.41) is 0. The van der Waals surface area contributed by atoms with Crippen molar-refractivity contribution in [1.82, 2.24) is 19.9 Å². The van der Waals surface area contributed by atoms with Gasteiger partial charge in [0.05, 0.1) is 22.8 Å². The number of hydrogen-bond donors (Lipinski definition) is 2. The predicted octanol–water partition coefficient (Wildman–Crippen LogP) is 13.2. The molecule has 0 amide bonds. The van der Waals surface area contributed by atoms with Crippen LogP contribution >= 0.6 is 0 Å². The second-order valence-corrected chi connectivity index (χ2v) is 18.8. The third-order valence-corrected chi connectivity index (χ3v) is 10.3. The molecule has 3 aromatic heterocycles. The Morgan fingerprint density at radius 2 is 0.717 bits per heavy atom. The molecule has 0 saturated carbocycles. The van der Waals surface area contributed by atoms with Gasteiger partial charge in [-0.25, -0.2) is 9.97 Å². The quantitative estimate of drug-likeness (QED) is 0.173. The van der Waals surface area contributed by atoms with E-state index in [-0.39, 0.29) is 38.2 Å². The molecular formula is C48H54N4Ni+2. The van der Waals surface area contributed by atoms with Crippen LogP contribution in [0.3, 0.4) is 0 Å². The van der Waals surface area contributed by atoms with Crippen molar-refractivity contribution in [2.24, 2.45) is 0 Å². The zero-order valence-electron chi connectivity index (χ0n) is 33.4. The third-order valence-electron chi connectivity index (χ3n) is 10.3. The maximum Gasteiger partial charge on any atom is 2.00 e. The van der Waals surface area contributed by atoms with Crippen LogP contribution in [0.25, 0.3) is 68.6 Å². The molecule has 0 fully saturated rings. The first-order valence-electron chi connectivity index (χ1n) is 18.7. The fraction of sp³-hybridized carbons (Fsp3) is 0.333. The maximum absolute atomic E-state index is 5.25. The first-order valence-corrected chi connectivity index (χ1v) is 18.7. The Morgan fingerprint density at radius 3 is 1.02 bits per heavy atom. The summed E-state index contributed by atoms with van der Waals surface area (Å²) >= 11 is 0. The van der Waals surface area contributed by atoms with E-state index in [9.17, 15) is 0 Å². The molecule has 274 valence electrons. The van der Waals surface area contributed by atoms with Crippen molar-refractivity contribution in [3.8, 4) is 22.3 Å². The molecule has 0 saturated heterocycles. The molecule has 2 N–H and O–H groups in total. The molecule has 5 heterocycles. The van der Waals surface area contributed by atoms with Gasteiger partial charge in [0.25, 0.3) is 0 Å². The van der Waals surface area contributed by atoms with Crippen LogP contribution in [0.5, 0.6) is 0 Å². The van der Waals surface area contributed by atoms with Crippen molar-refractivity contribution in [1.29, 1.82) is 0 Å². The van der Waals surface area contributed by atoms with E-state index in [1.165, 1.54) is 33.4 Å². The van der Waals surface area contributed by atoms with Gasteiger partial charge in [-0.15, -0.1) is 0 Å². The van der Waals surface area contributed by atoms with E-state index in [0.29, 0.717) is 0 Å². The second kappa shape index (κ2) is 13.4. The number of nitrogens with zero attached hydrogens (tertiary/aromatic N) is 2. The standard InChI is InChI=1S/C48H54N4.Ni/c1-45(2,3)31-21-29(22-32(25-31)46(4,5)6)43-39-17-13-35(49-39)27-37-15-19-41(51-37)44(42-20-16-38(52-42)28-36-14-18-40(43)50-36)30-23-33(47(7,8)9)26-34(24-30)48(10,11)12;/h13-28,49,52H,1-12H3;/q;+2. The van der Waals surface area contributed by atoms with Crippen LogP contribution in [0.4, 0.5) is 0 Å². The Morgan fingerprint density at radius 1 is 0.396 bits per heavy atom. The van der Waals surface area contributed by atoms with Crippen LogP contribution in [-0.2, 0) is 38.2 Å². The number of aromatic nitrogens is 4. The molecule has 5 heteroatoms. The molecule has 0 unspecified atom stereocenters. The summed E-state index contributed by atoms with van der Waals surface area (Å²) < 4.78 is 0. The predicted molar refractivity (Wildman–Crippen MR) is 225 cm³/mol. The van der Waals surface area contributed by atoms with E-state index >= 15 is 0 Å². The molecule has 53 heavy (non-hydrogen) atoms. The average molecular weight is 746 g/mol. The van der Waals surface area contributed by atoms with E-state index in [1.54, 1.807) is 0 Å². The van der Waals surface area contributed by atoms with Gasteiger partial charge in [0.2, 0.25) is 0 Å². The van der Waals surface area contributed by atoms with Crippen LogP contribution in [-0.4, -0.2) is 19.9 Å². The fourth-order valence-electron chi connectivity index (χ4n) is 6.96. The topological polar surface area (TPSA) is 57.4 Å². The molecule has 5 aromatic rings. The van der Waals surface area contributed by atoms with Crippen molar-refractivity contribution >= 4 is 46.4 Å². The van der Waals surface area contributed by atoms with Gasteiger partial charge in [-0.3, -0.25) is 0 Å². The van der Waals surface area contributed by atoms with Crippen LogP contribution in [0.1, 0.15) is 128 Å². The van der Waals surface area contributed by atoms with E-state index < -0.39 is 0 Å². The van der Waals surface area contributed by atoms with Gasteiger partial charge in [-0.05, 0) is 116 Å². The Hall–Kier alpha value is -4.47. The summed E-state index contributed by atoms with van der Waals surface area (Å²) in [5.41, 5.74) is 17.5. The SMILES string of the molecule is CC(C)(C)c1cc(-c2c3nc(cc4ccc([nH]4)c(-c4cc(C(C)(C)C)cc(C(C)(C)C)c4)c4nc(cc5ccc2[nH]5)C=C4)C=C3)cc(C(C)(C)C)c1.[Ni+2]. The monoisotopic (exact) mass is 744 g/mol. The summed E-state index contributed by atoms with van der Waals surface area (Å²) in [4.78, 5) is 18.0. The molecule has 2 aromatic carbocycles. The summed E-state index contributed by atoms with van der Waals surface area (Å²) in [5.74, 6) is 0. The van der Waals surface area contributed by atoms with Crippen molar-refractivity contribution in [3.63, 3.8) is 0 Å². The van der Waals surface area contributed by atoms with Crippen LogP contribution < -0.4 is 0 Å². The number of nitrogens with one attached hydrogen (secondary N) is 2. The Bertz CT molecular complexity index is 2200. The zero-order valence-corrected chi connectivity index (χ0v) is 34.4. The minimum absolute atomic E-state index is 0. The molecule has 2 aliphatic rings. The van der Waals surface area contributed by atoms with Gasteiger partial charge in [0.1, 0.15) is 0 Å². The molecule has 7 rings (SSSR count). The van der Waals surface area contributed by atoms with Crippen molar-refractivity contribution in [3.05, 3.63) is 118 Å². The summed E-state index contributed by atoms with van der Waals surface area (Å²) in [6.07, 6.45) is 8.56. The van der Waals surface area contributed by atoms with Gasteiger partial charge in [0, 0.05) is 33.2 Å². The van der Waals surface area contributed by atoms with Crippen molar-refractivity contribution in [2.45, 2.75) is 105 Å². The van der Waals surface area contributed by atoms with Gasteiger partial charge in [0.15, 0.2) is 0 Å². The normalized spacial score (nSPS) is 13.4. The average Bonchev–Trinajstić information content (AvgIpc) is 3.86. The van der Waals surface area contributed by atoms with Gasteiger partial charge in [-0.1, -0.05) is 119 Å². The smallest absolute Gasteiger partial charge is 0.355 e. The Kier molecular flexibility index (Phi) is 9.70. The molecular weight excluding hydrogens is 691 g/mol. The number of benzene rings is 2. The second-order valence-electron chi connectivity index (χ2n) is 18.8. The number of aromatic amines is 2. The maximum atomic E-state index is 5.25. The molecule has 0 atom stereocenters. The number of fused-ring (bicyclic) bond motifs is 8. The molecule has 4 nitrogen and oxygen atoms in total. The van der Waals surface area contributed by atoms with Gasteiger partial charge >= 0.3 is 16.5 Å². The van der Waals surface area contributed by atoms with Crippen LogP contribution in [0, 0.1) is 0 Å². The number of rotatable bonds is 2. The molecule has 0 spiro atoms. The zero-order chi connectivity index (χ0) is 37.4. The van der Waals surface area contributed by atoms with Crippen molar-refractivity contribution in [2.75, 3.05) is 0 Å². The number of H-pyrrole nitrogens is 2. The molecule has 0 aliphatic carbocycles. The Balaban J connectivity index is 0.00000481. The minimum atomic E-state index is -0.00727. The molecule has 8 bridgehead atoms. The van der Waals surface area contributed by atoms with Crippen LogP contribution in [0.15, 0.2) is 72.8 Å². The van der Waals surface area contributed by atoms with Gasteiger partial charge in [-0.2, -0.15) is 0 Å². The van der Waals surface area contributed by atoms with Crippen molar-refractivity contribution < 1.29 is 16.5 Å². The van der Waals surface area contributed by atoms with E-state index in [2.05, 4.69) is 190 Å². The largest absolute Gasteiger partial charge is 2.00 e. The Labute approximate surface area is 326 Å². The summed E-state index contributed by atoms with van der Waals surface area (Å²) in [6, 6.07) is 27.1. The third kappa shape index (κ3) is 7.92. The van der Waals surface area contributed by atoms with E-state index in [1.807, 2.05) is 0 Å². The summed E-state index contributed by atoms with van der Waals surface area (Å²) in [6.45, 7) is 27.5. The first-order chi connectivity index (χ1) is 24.2. The molecule has 0 radical (unpaired) electrons. The molecule has 2 aliphatic heterocycles. The minimum Gasteiger partial charge on any atom is -0.355 e. The van der Waals surface area contributed by atoms with E-state index in [0.717, 1.165) is 56.0 Å². The van der Waals surface area contributed by atoms with Crippen LogP contribution in [0.2, 0.25) is 0 Å². The van der Waals surface area contributed by atoms with Gasteiger partial charge < -0.3 is 9.97 Å². The first kappa shape index (κ1) is 38.3.